The summed E-state index contributed by atoms with van der Waals surface area (Å²) in [6.07, 6.45) is 2.71. The molecule has 16 heavy (non-hydrogen) atoms. The molecule has 2 N–H and O–H groups in total. The molecule has 0 unspecified atom stereocenters. The van der Waals surface area contributed by atoms with Crippen LogP contribution in [0.25, 0.3) is 0 Å². The third-order valence-electron chi connectivity index (χ3n) is 3.23. The first kappa shape index (κ1) is 11.8. The highest BCUT2D eigenvalue weighted by Gasteiger charge is 2.40. The van der Waals surface area contributed by atoms with Gasteiger partial charge in [0.15, 0.2) is 0 Å². The number of rotatable bonds is 2. The summed E-state index contributed by atoms with van der Waals surface area (Å²) in [5.74, 6) is 0. The van der Waals surface area contributed by atoms with E-state index in [1.807, 2.05) is 18.2 Å². The van der Waals surface area contributed by atoms with Gasteiger partial charge >= 0.3 is 0 Å². The molecule has 0 radical (unpaired) electrons. The Morgan fingerprint density at radius 1 is 1.56 bits per heavy atom. The Labute approximate surface area is 104 Å². The van der Waals surface area contributed by atoms with E-state index >= 15 is 0 Å². The first-order valence-corrected chi connectivity index (χ1v) is 6.17. The second kappa shape index (κ2) is 4.32. The van der Waals surface area contributed by atoms with Crippen LogP contribution in [-0.4, -0.2) is 16.3 Å². The van der Waals surface area contributed by atoms with Gasteiger partial charge in [-0.3, -0.25) is 0 Å². The lowest BCUT2D eigenvalue weighted by atomic mass is 9.75. The molecule has 0 spiro atoms. The maximum atomic E-state index is 10.5. The Bertz CT molecular complexity index is 416. The summed E-state index contributed by atoms with van der Waals surface area (Å²) in [7, 11) is 0. The van der Waals surface area contributed by atoms with Crippen molar-refractivity contribution >= 4 is 15.9 Å². The van der Waals surface area contributed by atoms with Crippen molar-refractivity contribution < 1.29 is 10.2 Å². The predicted molar refractivity (Wildman–Crippen MR) is 67.2 cm³/mol. The SMILES string of the molecule is C=CC[C@@]1(O)c2ccc(Br)cc2CC[C@H]1O. The Morgan fingerprint density at radius 2 is 2.31 bits per heavy atom. The number of aliphatic hydroxyl groups is 2. The molecular formula is C13H15BrO2. The van der Waals surface area contributed by atoms with E-state index in [1.54, 1.807) is 6.08 Å². The fourth-order valence-corrected chi connectivity index (χ4v) is 2.78. The number of aryl methyl sites for hydroxylation is 1. The summed E-state index contributed by atoms with van der Waals surface area (Å²) in [6.45, 7) is 3.64. The van der Waals surface area contributed by atoms with Gasteiger partial charge in [0.2, 0.25) is 0 Å². The molecule has 86 valence electrons. The van der Waals surface area contributed by atoms with E-state index in [0.29, 0.717) is 12.8 Å². The van der Waals surface area contributed by atoms with Crippen molar-refractivity contribution in [3.8, 4) is 0 Å². The Hall–Kier alpha value is -0.640. The molecule has 0 bridgehead atoms. The molecular weight excluding hydrogens is 268 g/mol. The van der Waals surface area contributed by atoms with Crippen molar-refractivity contribution in [2.45, 2.75) is 31.0 Å². The largest absolute Gasteiger partial charge is 0.390 e. The Morgan fingerprint density at radius 3 is 3.00 bits per heavy atom. The highest BCUT2D eigenvalue weighted by atomic mass is 79.9. The highest BCUT2D eigenvalue weighted by Crippen LogP contribution is 2.39. The van der Waals surface area contributed by atoms with Gasteiger partial charge in [-0.1, -0.05) is 28.1 Å². The average molecular weight is 283 g/mol. The second-order valence-electron chi connectivity index (χ2n) is 4.27. The van der Waals surface area contributed by atoms with Crippen LogP contribution in [0, 0.1) is 0 Å². The van der Waals surface area contributed by atoms with Gasteiger partial charge in [0.25, 0.3) is 0 Å². The van der Waals surface area contributed by atoms with E-state index < -0.39 is 11.7 Å². The van der Waals surface area contributed by atoms with Crippen LogP contribution in [0.15, 0.2) is 35.3 Å². The first-order valence-electron chi connectivity index (χ1n) is 5.38. The molecule has 0 amide bonds. The normalized spacial score (nSPS) is 28.6. The van der Waals surface area contributed by atoms with Gasteiger partial charge in [0.05, 0.1) is 6.10 Å². The van der Waals surface area contributed by atoms with Gasteiger partial charge < -0.3 is 10.2 Å². The van der Waals surface area contributed by atoms with Gasteiger partial charge in [-0.25, -0.2) is 0 Å². The molecule has 0 fully saturated rings. The molecule has 0 saturated heterocycles. The smallest absolute Gasteiger partial charge is 0.119 e. The van der Waals surface area contributed by atoms with E-state index in [0.717, 1.165) is 22.0 Å². The topological polar surface area (TPSA) is 40.5 Å². The van der Waals surface area contributed by atoms with Crippen LogP contribution < -0.4 is 0 Å². The van der Waals surface area contributed by atoms with Crippen molar-refractivity contribution in [3.63, 3.8) is 0 Å². The van der Waals surface area contributed by atoms with Gasteiger partial charge in [-0.2, -0.15) is 0 Å². The third-order valence-corrected chi connectivity index (χ3v) is 3.72. The second-order valence-corrected chi connectivity index (χ2v) is 5.19. The van der Waals surface area contributed by atoms with Crippen LogP contribution in [0.2, 0.25) is 0 Å². The number of hydrogen-bond donors (Lipinski definition) is 2. The van der Waals surface area contributed by atoms with Crippen LogP contribution in [0.5, 0.6) is 0 Å². The number of fused-ring (bicyclic) bond motifs is 1. The Balaban J connectivity index is 2.51. The maximum absolute atomic E-state index is 10.5. The molecule has 3 heteroatoms. The van der Waals surface area contributed by atoms with E-state index in [4.69, 9.17) is 0 Å². The van der Waals surface area contributed by atoms with Crippen molar-refractivity contribution in [2.75, 3.05) is 0 Å². The summed E-state index contributed by atoms with van der Waals surface area (Å²) in [6, 6.07) is 5.78. The molecule has 1 aliphatic carbocycles. The number of aliphatic hydroxyl groups excluding tert-OH is 1. The molecule has 1 aromatic rings. The highest BCUT2D eigenvalue weighted by molar-refractivity contribution is 9.10. The van der Waals surface area contributed by atoms with E-state index in [9.17, 15) is 10.2 Å². The standard InChI is InChI=1S/C13H15BrO2/c1-2-7-13(16)11-5-4-10(14)8-9(11)3-6-12(13)15/h2,4-5,8,12,15-16H,1,3,6-7H2/t12-,13-/m1/s1. The summed E-state index contributed by atoms with van der Waals surface area (Å²) in [5, 5.41) is 20.5. The third kappa shape index (κ3) is 1.83. The summed E-state index contributed by atoms with van der Waals surface area (Å²) in [5.41, 5.74) is 0.758. The lowest BCUT2D eigenvalue weighted by Gasteiger charge is -2.38. The summed E-state index contributed by atoms with van der Waals surface area (Å²) >= 11 is 3.42. The number of benzene rings is 1. The van der Waals surface area contributed by atoms with Gasteiger partial charge in [0, 0.05) is 10.9 Å². The van der Waals surface area contributed by atoms with Crippen LogP contribution in [0.4, 0.5) is 0 Å². The molecule has 1 aliphatic rings. The molecule has 0 saturated carbocycles. The quantitative estimate of drug-likeness (QED) is 0.819. The minimum Gasteiger partial charge on any atom is -0.390 e. The summed E-state index contributed by atoms with van der Waals surface area (Å²) in [4.78, 5) is 0. The molecule has 2 rings (SSSR count). The van der Waals surface area contributed by atoms with Crippen molar-refractivity contribution in [3.05, 3.63) is 46.5 Å². The molecule has 0 heterocycles. The van der Waals surface area contributed by atoms with Crippen molar-refractivity contribution in [1.29, 1.82) is 0 Å². The monoisotopic (exact) mass is 282 g/mol. The van der Waals surface area contributed by atoms with Crippen LogP contribution >= 0.6 is 15.9 Å². The minimum atomic E-state index is -1.17. The number of halogens is 1. The first-order chi connectivity index (χ1) is 7.58. The minimum absolute atomic E-state index is 0.378. The predicted octanol–water partition coefficient (Wildman–Crippen LogP) is 2.52. The fraction of sp³-hybridized carbons (Fsp3) is 0.385. The van der Waals surface area contributed by atoms with Crippen molar-refractivity contribution in [1.82, 2.24) is 0 Å². The number of hydrogen-bond acceptors (Lipinski definition) is 2. The van der Waals surface area contributed by atoms with Gasteiger partial charge in [0.1, 0.15) is 5.60 Å². The average Bonchev–Trinajstić information content (AvgIpc) is 2.24. The molecule has 0 aromatic heterocycles. The lowest BCUT2D eigenvalue weighted by Crippen LogP contribution is -2.43. The lowest BCUT2D eigenvalue weighted by molar-refractivity contribution is -0.0880. The maximum Gasteiger partial charge on any atom is 0.119 e. The van der Waals surface area contributed by atoms with E-state index in [-0.39, 0.29) is 0 Å². The van der Waals surface area contributed by atoms with E-state index in [2.05, 4.69) is 22.5 Å². The zero-order chi connectivity index (χ0) is 11.8. The van der Waals surface area contributed by atoms with E-state index in [1.165, 1.54) is 0 Å². The molecule has 2 atom stereocenters. The van der Waals surface area contributed by atoms with Crippen LogP contribution in [-0.2, 0) is 12.0 Å². The zero-order valence-corrected chi connectivity index (χ0v) is 10.6. The molecule has 0 aliphatic heterocycles. The van der Waals surface area contributed by atoms with Gasteiger partial charge in [-0.15, -0.1) is 6.58 Å². The van der Waals surface area contributed by atoms with Crippen molar-refractivity contribution in [2.24, 2.45) is 0 Å². The van der Waals surface area contributed by atoms with Gasteiger partial charge in [-0.05, 0) is 36.1 Å². The Kier molecular flexibility index (Phi) is 3.19. The summed E-state index contributed by atoms with van der Waals surface area (Å²) < 4.78 is 1.00. The zero-order valence-electron chi connectivity index (χ0n) is 8.99. The van der Waals surface area contributed by atoms with Crippen LogP contribution in [0.3, 0.4) is 0 Å². The fourth-order valence-electron chi connectivity index (χ4n) is 2.37. The van der Waals surface area contributed by atoms with Crippen LogP contribution in [0.1, 0.15) is 24.0 Å². The molecule has 1 aromatic carbocycles. The molecule has 2 nitrogen and oxygen atoms in total.